The third-order valence-electron chi connectivity index (χ3n) is 4.50. The number of nitrogens with two attached hydrogens (primary N) is 2. The Labute approximate surface area is 166 Å². The number of rotatable bonds is 12. The van der Waals surface area contributed by atoms with Gasteiger partial charge < -0.3 is 27.2 Å². The zero-order valence-corrected chi connectivity index (χ0v) is 16.6. The molecule has 0 fully saturated rings. The van der Waals surface area contributed by atoms with Crippen molar-refractivity contribution in [3.05, 3.63) is 35.9 Å². The number of carboxylic acid groups (broad SMARTS) is 1. The summed E-state index contributed by atoms with van der Waals surface area (Å²) in [7, 11) is 0. The summed E-state index contributed by atoms with van der Waals surface area (Å²) < 4.78 is 0. The average Bonchev–Trinajstić information content (AvgIpc) is 2.66. The molecule has 7 N–H and O–H groups in total. The Bertz CT molecular complexity index is 636. The van der Waals surface area contributed by atoms with Gasteiger partial charge >= 0.3 is 5.97 Å². The highest BCUT2D eigenvalue weighted by molar-refractivity contribution is 5.92. The van der Waals surface area contributed by atoms with Gasteiger partial charge in [0.25, 0.3) is 0 Å². The summed E-state index contributed by atoms with van der Waals surface area (Å²) >= 11 is 0. The molecule has 156 valence electrons. The summed E-state index contributed by atoms with van der Waals surface area (Å²) in [5.41, 5.74) is 12.2. The van der Waals surface area contributed by atoms with Crippen molar-refractivity contribution in [2.75, 3.05) is 6.54 Å². The van der Waals surface area contributed by atoms with E-state index in [0.717, 1.165) is 5.56 Å². The summed E-state index contributed by atoms with van der Waals surface area (Å²) in [5.74, 6) is -2.20. The Morgan fingerprint density at radius 2 is 1.61 bits per heavy atom. The van der Waals surface area contributed by atoms with Crippen molar-refractivity contribution in [3.63, 3.8) is 0 Å². The van der Waals surface area contributed by atoms with E-state index in [1.54, 1.807) is 0 Å². The Hall–Kier alpha value is -2.45. The van der Waals surface area contributed by atoms with Crippen molar-refractivity contribution in [1.82, 2.24) is 10.6 Å². The summed E-state index contributed by atoms with van der Waals surface area (Å²) in [6.07, 6.45) is 1.77. The molecule has 1 aromatic rings. The van der Waals surface area contributed by atoms with Crippen LogP contribution < -0.4 is 22.1 Å². The molecule has 0 saturated heterocycles. The molecule has 1 aromatic carbocycles. The number of amides is 2. The molecule has 8 heteroatoms. The van der Waals surface area contributed by atoms with Gasteiger partial charge in [0.2, 0.25) is 11.8 Å². The van der Waals surface area contributed by atoms with Crippen LogP contribution >= 0.6 is 0 Å². The van der Waals surface area contributed by atoms with Gasteiger partial charge in [0, 0.05) is 6.42 Å². The first-order valence-electron chi connectivity index (χ1n) is 9.59. The van der Waals surface area contributed by atoms with Crippen LogP contribution in [0.2, 0.25) is 0 Å². The van der Waals surface area contributed by atoms with Crippen LogP contribution in [0, 0.1) is 5.92 Å². The molecule has 0 saturated carbocycles. The van der Waals surface area contributed by atoms with E-state index in [9.17, 15) is 19.5 Å². The number of carboxylic acids is 1. The molecule has 2 amide bonds. The topological polar surface area (TPSA) is 148 Å². The fourth-order valence-corrected chi connectivity index (χ4v) is 2.65. The van der Waals surface area contributed by atoms with Crippen molar-refractivity contribution >= 4 is 17.8 Å². The predicted molar refractivity (Wildman–Crippen MR) is 107 cm³/mol. The molecule has 0 heterocycles. The van der Waals surface area contributed by atoms with Crippen LogP contribution in [0.1, 0.15) is 38.7 Å². The first-order chi connectivity index (χ1) is 13.3. The van der Waals surface area contributed by atoms with E-state index in [0.29, 0.717) is 19.4 Å². The number of carbonyl (C=O) groups is 3. The zero-order chi connectivity index (χ0) is 21.1. The van der Waals surface area contributed by atoms with Gasteiger partial charge in [-0.05, 0) is 37.3 Å². The van der Waals surface area contributed by atoms with Crippen molar-refractivity contribution in [3.8, 4) is 0 Å². The first-order valence-corrected chi connectivity index (χ1v) is 9.59. The number of aliphatic carboxylic acids is 1. The standard InChI is InChI=1S/C20H32N4O4/c1-13(2)17(22)19(26)24-16(12-14-8-4-3-5-9-14)18(25)23-15(20(27)28)10-6-7-11-21/h3-5,8-9,13,15-17H,6-7,10-12,21-22H2,1-2H3,(H,23,25)(H,24,26)(H,27,28)/t15-,16-,17+/m0/s1. The Kier molecular flexibility index (Phi) is 10.2. The second-order valence-electron chi connectivity index (χ2n) is 7.20. The summed E-state index contributed by atoms with van der Waals surface area (Å²) in [4.78, 5) is 36.6. The van der Waals surface area contributed by atoms with Gasteiger partial charge in [-0.15, -0.1) is 0 Å². The van der Waals surface area contributed by atoms with E-state index in [1.165, 1.54) is 0 Å². The normalized spacial score (nSPS) is 14.2. The fraction of sp³-hybridized carbons (Fsp3) is 0.550. The molecular weight excluding hydrogens is 360 g/mol. The third-order valence-corrected chi connectivity index (χ3v) is 4.50. The van der Waals surface area contributed by atoms with Crippen LogP contribution in [0.25, 0.3) is 0 Å². The molecule has 28 heavy (non-hydrogen) atoms. The molecule has 3 atom stereocenters. The van der Waals surface area contributed by atoms with Crippen LogP contribution in [-0.2, 0) is 20.8 Å². The minimum absolute atomic E-state index is 0.0940. The zero-order valence-electron chi connectivity index (χ0n) is 16.6. The van der Waals surface area contributed by atoms with Crippen LogP contribution in [0.3, 0.4) is 0 Å². The Morgan fingerprint density at radius 3 is 2.14 bits per heavy atom. The predicted octanol–water partition coefficient (Wildman–Crippen LogP) is 0.396. The number of unbranched alkanes of at least 4 members (excludes halogenated alkanes) is 1. The van der Waals surface area contributed by atoms with Crippen LogP contribution in [0.4, 0.5) is 0 Å². The van der Waals surface area contributed by atoms with Crippen molar-refractivity contribution < 1.29 is 19.5 Å². The SMILES string of the molecule is CC(C)[C@@H](N)C(=O)N[C@@H](Cc1ccccc1)C(=O)N[C@@H](CCCCN)C(=O)O. The molecule has 0 radical (unpaired) electrons. The molecule has 1 rings (SSSR count). The highest BCUT2D eigenvalue weighted by atomic mass is 16.4. The van der Waals surface area contributed by atoms with Gasteiger partial charge in [-0.3, -0.25) is 9.59 Å². The van der Waals surface area contributed by atoms with E-state index in [-0.39, 0.29) is 18.8 Å². The highest BCUT2D eigenvalue weighted by Gasteiger charge is 2.28. The Morgan fingerprint density at radius 1 is 1.00 bits per heavy atom. The fourth-order valence-electron chi connectivity index (χ4n) is 2.65. The molecule has 0 bridgehead atoms. The monoisotopic (exact) mass is 392 g/mol. The molecular formula is C20H32N4O4. The molecule has 0 spiro atoms. The quantitative estimate of drug-likeness (QED) is 0.325. The van der Waals surface area contributed by atoms with E-state index < -0.39 is 35.9 Å². The van der Waals surface area contributed by atoms with Crippen molar-refractivity contribution in [2.24, 2.45) is 17.4 Å². The van der Waals surface area contributed by atoms with Gasteiger partial charge in [0.15, 0.2) is 0 Å². The summed E-state index contributed by atoms with van der Waals surface area (Å²) in [5, 5.41) is 14.6. The van der Waals surface area contributed by atoms with Gasteiger partial charge in [-0.25, -0.2) is 4.79 Å². The maximum Gasteiger partial charge on any atom is 0.326 e. The number of benzene rings is 1. The Balaban J connectivity index is 2.90. The van der Waals surface area contributed by atoms with Gasteiger partial charge in [-0.2, -0.15) is 0 Å². The average molecular weight is 393 g/mol. The summed E-state index contributed by atoms with van der Waals surface area (Å²) in [6, 6.07) is 6.48. The first kappa shape index (κ1) is 23.6. The van der Waals surface area contributed by atoms with Crippen LogP contribution in [0.15, 0.2) is 30.3 Å². The molecule has 0 aliphatic rings. The second kappa shape index (κ2) is 12.1. The molecule has 0 unspecified atom stereocenters. The van der Waals surface area contributed by atoms with E-state index in [2.05, 4.69) is 10.6 Å². The van der Waals surface area contributed by atoms with Crippen LogP contribution in [0.5, 0.6) is 0 Å². The lowest BCUT2D eigenvalue weighted by Gasteiger charge is -2.24. The van der Waals surface area contributed by atoms with Gasteiger partial charge in [0.1, 0.15) is 12.1 Å². The smallest absolute Gasteiger partial charge is 0.326 e. The number of hydrogen-bond acceptors (Lipinski definition) is 5. The van der Waals surface area contributed by atoms with Crippen molar-refractivity contribution in [2.45, 2.75) is 57.7 Å². The third kappa shape index (κ3) is 8.06. The second-order valence-corrected chi connectivity index (χ2v) is 7.20. The van der Waals surface area contributed by atoms with E-state index in [4.69, 9.17) is 11.5 Å². The molecule has 0 aliphatic heterocycles. The largest absolute Gasteiger partial charge is 0.480 e. The van der Waals surface area contributed by atoms with Crippen molar-refractivity contribution in [1.29, 1.82) is 0 Å². The lowest BCUT2D eigenvalue weighted by Crippen LogP contribution is -2.56. The van der Waals surface area contributed by atoms with Crippen LogP contribution in [-0.4, -0.2) is 47.6 Å². The van der Waals surface area contributed by atoms with Gasteiger partial charge in [-0.1, -0.05) is 44.2 Å². The maximum absolute atomic E-state index is 12.8. The molecule has 0 aliphatic carbocycles. The van der Waals surface area contributed by atoms with E-state index >= 15 is 0 Å². The minimum atomic E-state index is -1.12. The minimum Gasteiger partial charge on any atom is -0.480 e. The number of hydrogen-bond donors (Lipinski definition) is 5. The molecule has 0 aromatic heterocycles. The maximum atomic E-state index is 12.8. The lowest BCUT2D eigenvalue weighted by molar-refractivity contribution is -0.142. The highest BCUT2D eigenvalue weighted by Crippen LogP contribution is 2.07. The number of nitrogens with one attached hydrogen (secondary N) is 2. The summed E-state index contributed by atoms with van der Waals surface area (Å²) in [6.45, 7) is 4.09. The van der Waals surface area contributed by atoms with E-state index in [1.807, 2.05) is 44.2 Å². The lowest BCUT2D eigenvalue weighted by atomic mass is 10.0. The number of carbonyl (C=O) groups excluding carboxylic acids is 2. The van der Waals surface area contributed by atoms with Gasteiger partial charge in [0.05, 0.1) is 6.04 Å². The molecule has 8 nitrogen and oxygen atoms in total.